The highest BCUT2D eigenvalue weighted by atomic mass is 35.5. The zero-order chi connectivity index (χ0) is 14.8. The molecule has 1 aliphatic heterocycles. The van der Waals surface area contributed by atoms with Crippen molar-refractivity contribution in [3.8, 4) is 0 Å². The molecule has 0 radical (unpaired) electrons. The van der Waals surface area contributed by atoms with Gasteiger partial charge in [0.05, 0.1) is 11.3 Å². The second kappa shape index (κ2) is 5.73. The smallest absolute Gasteiger partial charge is 0.294 e. The number of nitro benzene ring substituents is 1. The van der Waals surface area contributed by atoms with Gasteiger partial charge in [-0.1, -0.05) is 11.6 Å². The molecule has 1 fully saturated rings. The fourth-order valence-corrected chi connectivity index (χ4v) is 2.97. The second-order valence-electron chi connectivity index (χ2n) is 5.12. The minimum absolute atomic E-state index is 0.0728. The molecule has 21 heavy (non-hydrogen) atoms. The predicted octanol–water partition coefficient (Wildman–Crippen LogP) is 3.29. The first-order valence-corrected chi connectivity index (χ1v) is 7.19. The van der Waals surface area contributed by atoms with Crippen LogP contribution in [0.2, 0.25) is 5.02 Å². The van der Waals surface area contributed by atoms with Crippen molar-refractivity contribution in [3.63, 3.8) is 0 Å². The number of nitrogens with zero attached hydrogens (tertiary/aromatic N) is 4. The van der Waals surface area contributed by atoms with Gasteiger partial charge in [-0.05, 0) is 25.0 Å². The molecule has 1 aromatic heterocycles. The Morgan fingerprint density at radius 3 is 2.71 bits per heavy atom. The maximum Gasteiger partial charge on any atom is 0.294 e. The maximum atomic E-state index is 11.2. The lowest BCUT2D eigenvalue weighted by atomic mass is 10.0. The predicted molar refractivity (Wildman–Crippen MR) is 80.8 cm³/mol. The fourth-order valence-electron chi connectivity index (χ4n) is 2.80. The van der Waals surface area contributed by atoms with Crippen LogP contribution in [0, 0.1) is 10.1 Å². The molecular weight excluding hydrogens is 292 g/mol. The van der Waals surface area contributed by atoms with E-state index in [1.165, 1.54) is 6.07 Å². The Morgan fingerprint density at radius 1 is 1.33 bits per heavy atom. The van der Waals surface area contributed by atoms with E-state index < -0.39 is 0 Å². The summed E-state index contributed by atoms with van der Waals surface area (Å²) in [5.41, 5.74) is 0.720. The molecule has 1 saturated heterocycles. The molecule has 0 atom stereocenters. The zero-order valence-corrected chi connectivity index (χ0v) is 12.1. The third-order valence-corrected chi connectivity index (χ3v) is 4.12. The highest BCUT2D eigenvalue weighted by molar-refractivity contribution is 6.30. The van der Waals surface area contributed by atoms with Gasteiger partial charge < -0.3 is 9.47 Å². The molecule has 6 nitrogen and oxygen atoms in total. The van der Waals surface area contributed by atoms with Crippen LogP contribution in [0.25, 0.3) is 0 Å². The SMILES string of the molecule is O=[N+]([O-])c1cc(Cl)ccc1N1CCC(n2ccnc2)CC1. The van der Waals surface area contributed by atoms with Crippen molar-refractivity contribution in [2.75, 3.05) is 18.0 Å². The van der Waals surface area contributed by atoms with Crippen LogP contribution < -0.4 is 4.90 Å². The molecule has 3 rings (SSSR count). The lowest BCUT2D eigenvalue weighted by Crippen LogP contribution is -2.34. The quantitative estimate of drug-likeness (QED) is 0.645. The summed E-state index contributed by atoms with van der Waals surface area (Å²) in [6.45, 7) is 1.57. The van der Waals surface area contributed by atoms with E-state index in [9.17, 15) is 10.1 Å². The number of benzene rings is 1. The molecule has 7 heteroatoms. The number of halogens is 1. The average Bonchev–Trinajstić information content (AvgIpc) is 3.01. The molecule has 0 N–H and O–H groups in total. The largest absolute Gasteiger partial charge is 0.366 e. The Bertz CT molecular complexity index is 636. The number of aromatic nitrogens is 2. The van der Waals surface area contributed by atoms with Crippen LogP contribution in [-0.2, 0) is 0 Å². The van der Waals surface area contributed by atoms with E-state index in [1.807, 2.05) is 12.5 Å². The van der Waals surface area contributed by atoms with E-state index in [0.717, 1.165) is 25.9 Å². The monoisotopic (exact) mass is 306 g/mol. The summed E-state index contributed by atoms with van der Waals surface area (Å²) in [5.74, 6) is 0. The van der Waals surface area contributed by atoms with Crippen LogP contribution in [-0.4, -0.2) is 27.6 Å². The van der Waals surface area contributed by atoms with Gasteiger partial charge in [-0.15, -0.1) is 0 Å². The summed E-state index contributed by atoms with van der Waals surface area (Å²) < 4.78 is 2.10. The zero-order valence-electron chi connectivity index (χ0n) is 11.4. The van der Waals surface area contributed by atoms with Gasteiger partial charge >= 0.3 is 0 Å². The summed E-state index contributed by atoms with van der Waals surface area (Å²) in [7, 11) is 0. The van der Waals surface area contributed by atoms with Gasteiger partial charge in [0.2, 0.25) is 0 Å². The first-order valence-electron chi connectivity index (χ1n) is 6.81. The van der Waals surface area contributed by atoms with E-state index in [-0.39, 0.29) is 10.6 Å². The lowest BCUT2D eigenvalue weighted by molar-refractivity contribution is -0.384. The van der Waals surface area contributed by atoms with Gasteiger partial charge in [0.1, 0.15) is 5.69 Å². The number of hydrogen-bond donors (Lipinski definition) is 0. The number of imidazole rings is 1. The van der Waals surface area contributed by atoms with Crippen molar-refractivity contribution in [2.45, 2.75) is 18.9 Å². The normalized spacial score (nSPS) is 16.1. The van der Waals surface area contributed by atoms with Crippen LogP contribution in [0.1, 0.15) is 18.9 Å². The van der Waals surface area contributed by atoms with Crippen LogP contribution >= 0.6 is 11.6 Å². The van der Waals surface area contributed by atoms with Crippen LogP contribution in [0.4, 0.5) is 11.4 Å². The number of hydrogen-bond acceptors (Lipinski definition) is 4. The topological polar surface area (TPSA) is 64.2 Å². The van der Waals surface area contributed by atoms with Gasteiger partial charge in [0.25, 0.3) is 5.69 Å². The molecule has 1 aromatic carbocycles. The second-order valence-corrected chi connectivity index (χ2v) is 5.55. The highest BCUT2D eigenvalue weighted by Gasteiger charge is 2.25. The van der Waals surface area contributed by atoms with Crippen molar-refractivity contribution >= 4 is 23.0 Å². The first kappa shape index (κ1) is 13.9. The maximum absolute atomic E-state index is 11.2. The molecule has 0 bridgehead atoms. The van der Waals surface area contributed by atoms with Crippen LogP contribution in [0.5, 0.6) is 0 Å². The summed E-state index contributed by atoms with van der Waals surface area (Å²) in [4.78, 5) is 16.9. The minimum Gasteiger partial charge on any atom is -0.366 e. The molecule has 0 unspecified atom stereocenters. The number of nitro groups is 1. The Kier molecular flexibility index (Phi) is 3.79. The van der Waals surface area contributed by atoms with Crippen LogP contribution in [0.15, 0.2) is 36.9 Å². The highest BCUT2D eigenvalue weighted by Crippen LogP contribution is 2.34. The summed E-state index contributed by atoms with van der Waals surface area (Å²) in [6, 6.07) is 5.26. The standard InChI is InChI=1S/C14H15ClN4O2/c15-11-1-2-13(14(9-11)19(20)21)17-6-3-12(4-7-17)18-8-5-16-10-18/h1-2,5,8-10,12H,3-4,6-7H2. The van der Waals surface area contributed by atoms with Gasteiger partial charge in [-0.2, -0.15) is 0 Å². The third-order valence-electron chi connectivity index (χ3n) is 3.89. The Labute approximate surface area is 127 Å². The van der Waals surface area contributed by atoms with E-state index in [4.69, 9.17) is 11.6 Å². The molecule has 2 aromatic rings. The Hall–Kier alpha value is -2.08. The number of rotatable bonds is 3. The molecule has 1 aliphatic rings. The van der Waals surface area contributed by atoms with Gasteiger partial charge in [-0.25, -0.2) is 4.98 Å². The third kappa shape index (κ3) is 2.85. The van der Waals surface area contributed by atoms with Crippen molar-refractivity contribution in [1.82, 2.24) is 9.55 Å². The van der Waals surface area contributed by atoms with Crippen molar-refractivity contribution < 1.29 is 4.92 Å². The number of anilines is 1. The number of piperidine rings is 1. The van der Waals surface area contributed by atoms with E-state index in [1.54, 1.807) is 18.3 Å². The molecule has 0 spiro atoms. The first-order chi connectivity index (χ1) is 10.1. The fraction of sp³-hybridized carbons (Fsp3) is 0.357. The average molecular weight is 307 g/mol. The van der Waals surface area contributed by atoms with Gasteiger partial charge in [0, 0.05) is 42.6 Å². The summed E-state index contributed by atoms with van der Waals surface area (Å²) >= 11 is 5.86. The molecular formula is C14H15ClN4O2. The lowest BCUT2D eigenvalue weighted by Gasteiger charge is -2.33. The van der Waals surface area contributed by atoms with Gasteiger partial charge in [-0.3, -0.25) is 10.1 Å². The summed E-state index contributed by atoms with van der Waals surface area (Å²) in [5, 5.41) is 11.6. The van der Waals surface area contributed by atoms with E-state index >= 15 is 0 Å². The summed E-state index contributed by atoms with van der Waals surface area (Å²) in [6.07, 6.45) is 7.44. The van der Waals surface area contributed by atoms with Crippen LogP contribution in [0.3, 0.4) is 0 Å². The molecule has 110 valence electrons. The minimum atomic E-state index is -0.372. The van der Waals surface area contributed by atoms with E-state index in [0.29, 0.717) is 16.8 Å². The van der Waals surface area contributed by atoms with Gasteiger partial charge in [0.15, 0.2) is 0 Å². The molecule has 2 heterocycles. The Morgan fingerprint density at radius 2 is 2.10 bits per heavy atom. The molecule has 0 aliphatic carbocycles. The van der Waals surface area contributed by atoms with Crippen molar-refractivity contribution in [1.29, 1.82) is 0 Å². The molecule has 0 saturated carbocycles. The molecule has 0 amide bonds. The van der Waals surface area contributed by atoms with Crippen molar-refractivity contribution in [2.24, 2.45) is 0 Å². The van der Waals surface area contributed by atoms with E-state index in [2.05, 4.69) is 14.5 Å². The van der Waals surface area contributed by atoms with Crippen molar-refractivity contribution in [3.05, 3.63) is 52.1 Å². The Balaban J connectivity index is 1.76.